The molecule has 0 aliphatic heterocycles. The Balaban J connectivity index is 1.61. The third-order valence-electron chi connectivity index (χ3n) is 4.13. The molecule has 2 N–H and O–H groups in total. The summed E-state index contributed by atoms with van der Waals surface area (Å²) in [6.07, 6.45) is 1.75. The zero-order valence-corrected chi connectivity index (χ0v) is 14.5. The van der Waals surface area contributed by atoms with Crippen molar-refractivity contribution in [1.29, 1.82) is 0 Å². The fraction of sp³-hybridized carbons (Fsp3) is 0.143. The highest BCUT2D eigenvalue weighted by molar-refractivity contribution is 5.96. The standard InChI is InChI=1S/C21H20N2O3/c1-15-5-10-18(19(24)12-15)21(26)22-13-16-6-8-17(9-7-16)14-23-11-3-2-4-20(23)25/h2-12,24H,13-14H2,1H3,(H,22,26). The Kier molecular flexibility index (Phi) is 5.17. The molecule has 1 heterocycles. The van der Waals surface area contributed by atoms with Crippen molar-refractivity contribution >= 4 is 5.91 Å². The minimum atomic E-state index is -0.317. The molecule has 26 heavy (non-hydrogen) atoms. The molecule has 0 saturated carbocycles. The number of carbonyl (C=O) groups excluding carboxylic acids is 1. The summed E-state index contributed by atoms with van der Waals surface area (Å²) in [5.41, 5.74) is 3.06. The van der Waals surface area contributed by atoms with Crippen molar-refractivity contribution < 1.29 is 9.90 Å². The summed E-state index contributed by atoms with van der Waals surface area (Å²) < 4.78 is 1.64. The first-order chi connectivity index (χ1) is 12.5. The van der Waals surface area contributed by atoms with E-state index in [1.165, 1.54) is 6.07 Å². The molecular weight excluding hydrogens is 328 g/mol. The van der Waals surface area contributed by atoms with Gasteiger partial charge in [0, 0.05) is 18.8 Å². The molecule has 0 saturated heterocycles. The van der Waals surface area contributed by atoms with Gasteiger partial charge in [0.05, 0.1) is 12.1 Å². The van der Waals surface area contributed by atoms with Gasteiger partial charge in [-0.3, -0.25) is 9.59 Å². The number of carbonyl (C=O) groups is 1. The van der Waals surface area contributed by atoms with Crippen LogP contribution in [0.1, 0.15) is 27.0 Å². The van der Waals surface area contributed by atoms with Gasteiger partial charge < -0.3 is 15.0 Å². The van der Waals surface area contributed by atoms with Gasteiger partial charge in [-0.2, -0.15) is 0 Å². The minimum Gasteiger partial charge on any atom is -0.507 e. The highest BCUT2D eigenvalue weighted by atomic mass is 16.3. The normalized spacial score (nSPS) is 10.5. The molecule has 0 aliphatic carbocycles. The van der Waals surface area contributed by atoms with E-state index in [1.54, 1.807) is 35.0 Å². The summed E-state index contributed by atoms with van der Waals surface area (Å²) >= 11 is 0. The van der Waals surface area contributed by atoms with E-state index >= 15 is 0 Å². The molecule has 0 fully saturated rings. The maximum Gasteiger partial charge on any atom is 0.255 e. The van der Waals surface area contributed by atoms with Gasteiger partial charge in [0.25, 0.3) is 11.5 Å². The fourth-order valence-corrected chi connectivity index (χ4v) is 2.66. The summed E-state index contributed by atoms with van der Waals surface area (Å²) in [6, 6.07) is 17.7. The first kappa shape index (κ1) is 17.5. The van der Waals surface area contributed by atoms with Gasteiger partial charge in [0.1, 0.15) is 5.75 Å². The first-order valence-corrected chi connectivity index (χ1v) is 8.34. The highest BCUT2D eigenvalue weighted by Crippen LogP contribution is 2.18. The van der Waals surface area contributed by atoms with Crippen molar-refractivity contribution in [1.82, 2.24) is 9.88 Å². The van der Waals surface area contributed by atoms with Crippen LogP contribution < -0.4 is 10.9 Å². The summed E-state index contributed by atoms with van der Waals surface area (Å²) in [6.45, 7) is 2.72. The second-order valence-electron chi connectivity index (χ2n) is 6.19. The van der Waals surface area contributed by atoms with Crippen molar-refractivity contribution in [2.24, 2.45) is 0 Å². The van der Waals surface area contributed by atoms with Crippen LogP contribution in [-0.2, 0) is 13.1 Å². The number of aromatic hydroxyl groups is 1. The number of nitrogens with one attached hydrogen (secondary N) is 1. The molecular formula is C21H20N2O3. The lowest BCUT2D eigenvalue weighted by atomic mass is 10.1. The number of benzene rings is 2. The van der Waals surface area contributed by atoms with E-state index in [1.807, 2.05) is 37.3 Å². The van der Waals surface area contributed by atoms with Crippen molar-refractivity contribution in [3.8, 4) is 5.75 Å². The van der Waals surface area contributed by atoms with Gasteiger partial charge in [0.2, 0.25) is 0 Å². The Morgan fingerprint density at radius 2 is 1.77 bits per heavy atom. The molecule has 1 aromatic heterocycles. The molecule has 5 heteroatoms. The third-order valence-corrected chi connectivity index (χ3v) is 4.13. The number of nitrogens with zero attached hydrogens (tertiary/aromatic N) is 1. The van der Waals surface area contributed by atoms with Crippen LogP contribution in [0.25, 0.3) is 0 Å². The van der Waals surface area contributed by atoms with Crippen molar-refractivity contribution in [2.75, 3.05) is 0 Å². The minimum absolute atomic E-state index is 0.0221. The topological polar surface area (TPSA) is 71.3 Å². The van der Waals surface area contributed by atoms with E-state index in [0.717, 1.165) is 16.7 Å². The molecule has 5 nitrogen and oxygen atoms in total. The molecule has 3 aromatic rings. The molecule has 1 amide bonds. The molecule has 0 spiro atoms. The van der Waals surface area contributed by atoms with Crippen LogP contribution in [0, 0.1) is 6.92 Å². The largest absolute Gasteiger partial charge is 0.507 e. The van der Waals surface area contributed by atoms with Crippen molar-refractivity contribution in [3.05, 3.63) is 99.5 Å². The molecule has 3 rings (SSSR count). The van der Waals surface area contributed by atoms with E-state index in [4.69, 9.17) is 0 Å². The number of rotatable bonds is 5. The number of aromatic nitrogens is 1. The first-order valence-electron chi connectivity index (χ1n) is 8.34. The van der Waals surface area contributed by atoms with Gasteiger partial charge in [-0.15, -0.1) is 0 Å². The maximum atomic E-state index is 12.2. The van der Waals surface area contributed by atoms with Gasteiger partial charge in [-0.05, 0) is 41.8 Å². The second kappa shape index (κ2) is 7.70. The van der Waals surface area contributed by atoms with E-state index in [9.17, 15) is 14.7 Å². The number of phenolic OH excluding ortho intramolecular Hbond substituents is 1. The van der Waals surface area contributed by atoms with Gasteiger partial charge in [-0.1, -0.05) is 36.4 Å². The van der Waals surface area contributed by atoms with Crippen LogP contribution in [-0.4, -0.2) is 15.6 Å². The van der Waals surface area contributed by atoms with Crippen LogP contribution in [0.5, 0.6) is 5.75 Å². The van der Waals surface area contributed by atoms with Crippen LogP contribution in [0.3, 0.4) is 0 Å². The Labute approximate surface area is 151 Å². The fourth-order valence-electron chi connectivity index (χ4n) is 2.66. The Morgan fingerprint density at radius 1 is 1.04 bits per heavy atom. The van der Waals surface area contributed by atoms with Crippen molar-refractivity contribution in [3.63, 3.8) is 0 Å². The van der Waals surface area contributed by atoms with E-state index < -0.39 is 0 Å². The number of amides is 1. The Bertz CT molecular complexity index is 975. The van der Waals surface area contributed by atoms with Gasteiger partial charge >= 0.3 is 0 Å². The predicted octanol–water partition coefficient (Wildman–Crippen LogP) is 2.84. The van der Waals surface area contributed by atoms with Gasteiger partial charge in [0.15, 0.2) is 0 Å². The zero-order chi connectivity index (χ0) is 18.5. The zero-order valence-electron chi connectivity index (χ0n) is 14.5. The lowest BCUT2D eigenvalue weighted by Gasteiger charge is -2.09. The van der Waals surface area contributed by atoms with E-state index in [0.29, 0.717) is 13.1 Å². The lowest BCUT2D eigenvalue weighted by Crippen LogP contribution is -2.23. The molecule has 2 aromatic carbocycles. The quantitative estimate of drug-likeness (QED) is 0.745. The maximum absolute atomic E-state index is 12.2. The molecule has 0 unspecified atom stereocenters. The second-order valence-corrected chi connectivity index (χ2v) is 6.19. The average molecular weight is 348 g/mol. The summed E-state index contributed by atoms with van der Waals surface area (Å²) in [5.74, 6) is -0.339. The summed E-state index contributed by atoms with van der Waals surface area (Å²) in [5, 5.41) is 12.7. The number of phenols is 1. The van der Waals surface area contributed by atoms with Gasteiger partial charge in [-0.25, -0.2) is 0 Å². The molecule has 0 radical (unpaired) electrons. The average Bonchev–Trinajstić information content (AvgIpc) is 2.63. The third kappa shape index (κ3) is 4.19. The lowest BCUT2D eigenvalue weighted by molar-refractivity contribution is 0.0948. The van der Waals surface area contributed by atoms with E-state index in [-0.39, 0.29) is 22.8 Å². The monoisotopic (exact) mass is 348 g/mol. The number of hydrogen-bond acceptors (Lipinski definition) is 3. The predicted molar refractivity (Wildman–Crippen MR) is 100 cm³/mol. The molecule has 132 valence electrons. The number of pyridine rings is 1. The molecule has 0 bridgehead atoms. The van der Waals surface area contributed by atoms with Crippen LogP contribution >= 0.6 is 0 Å². The van der Waals surface area contributed by atoms with Crippen LogP contribution in [0.2, 0.25) is 0 Å². The summed E-state index contributed by atoms with van der Waals surface area (Å²) in [4.78, 5) is 23.9. The van der Waals surface area contributed by atoms with E-state index in [2.05, 4.69) is 5.32 Å². The Morgan fingerprint density at radius 3 is 2.46 bits per heavy atom. The number of hydrogen-bond donors (Lipinski definition) is 2. The Hall–Kier alpha value is -3.34. The molecule has 0 aliphatic rings. The molecule has 0 atom stereocenters. The smallest absolute Gasteiger partial charge is 0.255 e. The summed E-state index contributed by atoms with van der Waals surface area (Å²) in [7, 11) is 0. The SMILES string of the molecule is Cc1ccc(C(=O)NCc2ccc(Cn3ccccc3=O)cc2)c(O)c1. The highest BCUT2D eigenvalue weighted by Gasteiger charge is 2.10. The van der Waals surface area contributed by atoms with Crippen molar-refractivity contribution in [2.45, 2.75) is 20.0 Å². The van der Waals surface area contributed by atoms with Crippen LogP contribution in [0.4, 0.5) is 0 Å². The number of aryl methyl sites for hydroxylation is 1. The van der Waals surface area contributed by atoms with Crippen LogP contribution in [0.15, 0.2) is 71.7 Å².